The number of nitrogens with two attached hydrogens (primary N) is 1. The summed E-state index contributed by atoms with van der Waals surface area (Å²) in [5.74, 6) is -2.40. The minimum atomic E-state index is -1.44. The summed E-state index contributed by atoms with van der Waals surface area (Å²) >= 11 is 2.24. The molecule has 1 unspecified atom stereocenters. The zero-order valence-electron chi connectivity index (χ0n) is 17.3. The smallest absolute Gasteiger partial charge is 0.278 e. The number of thioether (sulfide) groups is 1. The molecular weight excluding hydrogens is 470 g/mol. The lowest BCUT2D eigenvalue weighted by molar-refractivity contribution is -0.689. The number of oxime groups is 1. The summed E-state index contributed by atoms with van der Waals surface area (Å²) in [6.45, 7) is 2.19. The number of carbonyl (C=O) groups excluding carboxylic acids is 3. The Kier molecular flexibility index (Phi) is 6.55. The second-order valence-electron chi connectivity index (χ2n) is 6.96. The second kappa shape index (κ2) is 9.54. The number of β-lactam (4-membered cyclic amide) rings is 1. The van der Waals surface area contributed by atoms with Crippen molar-refractivity contribution >= 4 is 51.9 Å². The molecule has 2 atom stereocenters. The lowest BCUT2D eigenvalue weighted by Gasteiger charge is -2.50. The Balaban J connectivity index is 1.53. The number of amides is 2. The third kappa shape index (κ3) is 4.52. The van der Waals surface area contributed by atoms with Crippen LogP contribution >= 0.6 is 23.3 Å². The first-order valence-corrected chi connectivity index (χ1v) is 11.7. The molecule has 0 radical (unpaired) electrons. The molecular formula is C19H19N7O5S2. The van der Waals surface area contributed by atoms with Crippen molar-refractivity contribution in [2.75, 3.05) is 18.1 Å². The van der Waals surface area contributed by atoms with Gasteiger partial charge < -0.3 is 25.8 Å². The van der Waals surface area contributed by atoms with Crippen molar-refractivity contribution < 1.29 is 28.9 Å². The van der Waals surface area contributed by atoms with E-state index in [9.17, 15) is 19.5 Å². The zero-order chi connectivity index (χ0) is 23.5. The van der Waals surface area contributed by atoms with Gasteiger partial charge in [0.1, 0.15) is 18.0 Å². The lowest BCUT2D eigenvalue weighted by atomic mass is 10.0. The molecule has 14 heteroatoms. The minimum Gasteiger partial charge on any atom is -0.543 e. The number of nitrogen functional groups attached to an aromatic ring is 1. The van der Waals surface area contributed by atoms with Crippen molar-refractivity contribution in [2.45, 2.75) is 24.9 Å². The molecule has 2 aromatic heterocycles. The number of fused-ring (bicyclic) bond motifs is 1. The maximum absolute atomic E-state index is 12.9. The molecule has 3 N–H and O–H groups in total. The third-order valence-corrected chi connectivity index (χ3v) is 6.71. The first-order valence-electron chi connectivity index (χ1n) is 9.83. The zero-order valence-corrected chi connectivity index (χ0v) is 19.0. The van der Waals surface area contributed by atoms with Gasteiger partial charge in [-0.25, -0.2) is 4.57 Å². The van der Waals surface area contributed by atoms with Crippen LogP contribution in [0.5, 0.6) is 0 Å². The van der Waals surface area contributed by atoms with Crippen molar-refractivity contribution in [3.8, 4) is 0 Å². The van der Waals surface area contributed by atoms with Gasteiger partial charge in [-0.15, -0.1) is 11.8 Å². The van der Waals surface area contributed by atoms with Gasteiger partial charge >= 0.3 is 0 Å². The highest BCUT2D eigenvalue weighted by Gasteiger charge is 2.53. The Labute approximate surface area is 196 Å². The number of aromatic nitrogens is 3. The molecule has 2 amide bonds. The van der Waals surface area contributed by atoms with Crippen molar-refractivity contribution in [1.29, 1.82) is 0 Å². The molecule has 12 nitrogen and oxygen atoms in total. The van der Waals surface area contributed by atoms with E-state index >= 15 is 0 Å². The molecule has 0 bridgehead atoms. The number of aliphatic carboxylic acids is 1. The highest BCUT2D eigenvalue weighted by atomic mass is 32.2. The first kappa shape index (κ1) is 22.7. The van der Waals surface area contributed by atoms with Crippen LogP contribution in [0.3, 0.4) is 0 Å². The summed E-state index contributed by atoms with van der Waals surface area (Å²) in [5, 5.41) is 17.8. The molecule has 4 rings (SSSR count). The van der Waals surface area contributed by atoms with Crippen molar-refractivity contribution in [2.24, 2.45) is 5.16 Å². The number of nitrogens with zero attached hydrogens (tertiary/aromatic N) is 5. The van der Waals surface area contributed by atoms with Crippen LogP contribution in [-0.2, 0) is 25.8 Å². The fourth-order valence-corrected chi connectivity index (χ4v) is 5.18. The van der Waals surface area contributed by atoms with Gasteiger partial charge in [0, 0.05) is 35.0 Å². The monoisotopic (exact) mass is 489 g/mol. The Bertz CT molecular complexity index is 1150. The van der Waals surface area contributed by atoms with E-state index in [4.69, 9.17) is 10.6 Å². The summed E-state index contributed by atoms with van der Waals surface area (Å²) in [6.07, 6.45) is 3.60. The number of carboxylic acid groups (broad SMARTS) is 1. The Morgan fingerprint density at radius 3 is 2.79 bits per heavy atom. The van der Waals surface area contributed by atoms with Crippen LogP contribution in [-0.4, -0.2) is 61.5 Å². The summed E-state index contributed by atoms with van der Waals surface area (Å²) < 4.78 is 5.78. The first-order chi connectivity index (χ1) is 15.9. The number of hydrogen-bond donors (Lipinski definition) is 2. The van der Waals surface area contributed by atoms with E-state index in [1.54, 1.807) is 19.3 Å². The van der Waals surface area contributed by atoms with Gasteiger partial charge in [0.25, 0.3) is 11.8 Å². The number of anilines is 1. The fourth-order valence-electron chi connectivity index (χ4n) is 3.41. The fraction of sp³-hybridized carbons (Fsp3) is 0.316. The highest BCUT2D eigenvalue weighted by Crippen LogP contribution is 2.40. The van der Waals surface area contributed by atoms with Gasteiger partial charge in [-0.1, -0.05) is 11.2 Å². The van der Waals surface area contributed by atoms with E-state index in [0.717, 1.165) is 16.4 Å². The standard InChI is InChI=1S/C19H19N7O5S2/c1-2-31-23-11(14-22-19(20)33-24-14)15(27)21-12-16(28)26-13(18(29)30)10(9-32-17(12)26)8-25-6-4-3-5-7-25/h3-7,12,17H,2,8-9H2,1H3,(H3-,20,21,22,24,27,29,30)/b23-11-/t12?,17-/m1/s1. The van der Waals surface area contributed by atoms with Gasteiger partial charge in [0.05, 0.1) is 11.7 Å². The van der Waals surface area contributed by atoms with Crippen molar-refractivity contribution in [3.63, 3.8) is 0 Å². The molecule has 1 saturated heterocycles. The average Bonchev–Trinajstić information content (AvgIpc) is 3.23. The molecule has 0 spiro atoms. The molecule has 2 aromatic rings. The van der Waals surface area contributed by atoms with Crippen LogP contribution in [0.25, 0.3) is 0 Å². The Morgan fingerprint density at radius 1 is 1.39 bits per heavy atom. The second-order valence-corrected chi connectivity index (χ2v) is 8.85. The summed E-state index contributed by atoms with van der Waals surface area (Å²) in [7, 11) is 0. The van der Waals surface area contributed by atoms with Crippen LogP contribution < -0.4 is 20.7 Å². The number of nitrogens with one attached hydrogen (secondary N) is 1. The largest absolute Gasteiger partial charge is 0.543 e. The number of carbonyl (C=O) groups is 3. The van der Waals surface area contributed by atoms with Gasteiger partial charge in [-0.05, 0) is 6.92 Å². The summed E-state index contributed by atoms with van der Waals surface area (Å²) in [4.78, 5) is 47.7. The van der Waals surface area contributed by atoms with Crippen LogP contribution in [0.15, 0.2) is 47.0 Å². The third-order valence-electron chi connectivity index (χ3n) is 4.83. The predicted molar refractivity (Wildman–Crippen MR) is 116 cm³/mol. The molecule has 33 heavy (non-hydrogen) atoms. The predicted octanol–water partition coefficient (Wildman–Crippen LogP) is -1.75. The molecule has 2 aliphatic heterocycles. The maximum atomic E-state index is 12.9. The van der Waals surface area contributed by atoms with Gasteiger partial charge in [0.15, 0.2) is 24.1 Å². The molecule has 4 heterocycles. The van der Waals surface area contributed by atoms with E-state index in [1.807, 2.05) is 22.8 Å². The molecule has 0 aliphatic carbocycles. The normalized spacial score (nSPS) is 20.2. The van der Waals surface area contributed by atoms with Crippen LogP contribution in [0.1, 0.15) is 12.7 Å². The van der Waals surface area contributed by atoms with Crippen LogP contribution in [0, 0.1) is 0 Å². The molecule has 2 aliphatic rings. The number of rotatable bonds is 8. The SMILES string of the molecule is CCO/N=C(\C(=O)NC1C(=O)N2C(C(=O)[O-])=C(C[n+]3ccccc3)CS[C@H]12)c1nsc(N)n1. The van der Waals surface area contributed by atoms with E-state index in [-0.39, 0.29) is 29.0 Å². The van der Waals surface area contributed by atoms with E-state index in [2.05, 4.69) is 19.8 Å². The lowest BCUT2D eigenvalue weighted by Crippen LogP contribution is -2.71. The van der Waals surface area contributed by atoms with E-state index in [1.165, 1.54) is 11.8 Å². The summed E-state index contributed by atoms with van der Waals surface area (Å²) in [6, 6.07) is 4.54. The van der Waals surface area contributed by atoms with Gasteiger partial charge in [0.2, 0.25) is 11.5 Å². The number of hydrogen-bond acceptors (Lipinski definition) is 11. The average molecular weight is 490 g/mol. The van der Waals surface area contributed by atoms with Crippen LogP contribution in [0.4, 0.5) is 5.13 Å². The highest BCUT2D eigenvalue weighted by molar-refractivity contribution is 8.00. The minimum absolute atomic E-state index is 0.0270. The number of pyridine rings is 1. The van der Waals surface area contributed by atoms with Crippen LogP contribution in [0.2, 0.25) is 0 Å². The Morgan fingerprint density at radius 2 is 2.15 bits per heavy atom. The van der Waals surface area contributed by atoms with Crippen molar-refractivity contribution in [1.82, 2.24) is 19.6 Å². The van der Waals surface area contributed by atoms with Gasteiger partial charge in [-0.3, -0.25) is 14.5 Å². The summed E-state index contributed by atoms with van der Waals surface area (Å²) in [5.41, 5.74) is 5.75. The number of carboxylic acids is 1. The molecule has 0 saturated carbocycles. The Hall–Kier alpha value is -3.52. The quantitative estimate of drug-likeness (QED) is 0.189. The molecule has 1 fully saturated rings. The topological polar surface area (TPSA) is 167 Å². The van der Waals surface area contributed by atoms with Gasteiger partial charge in [-0.2, -0.15) is 9.36 Å². The molecule has 0 aromatic carbocycles. The van der Waals surface area contributed by atoms with E-state index in [0.29, 0.717) is 17.9 Å². The maximum Gasteiger partial charge on any atom is 0.278 e. The van der Waals surface area contributed by atoms with E-state index < -0.39 is 29.2 Å². The van der Waals surface area contributed by atoms with Crippen molar-refractivity contribution in [3.05, 3.63) is 47.7 Å². The molecule has 172 valence electrons.